The third-order valence-electron chi connectivity index (χ3n) is 6.07. The second kappa shape index (κ2) is 8.98. The van der Waals surface area contributed by atoms with Crippen LogP contribution >= 0.6 is 0 Å². The van der Waals surface area contributed by atoms with Gasteiger partial charge in [-0.1, -0.05) is 13.8 Å². The fourth-order valence-electron chi connectivity index (χ4n) is 4.38. The lowest BCUT2D eigenvalue weighted by Gasteiger charge is -2.17. The molecule has 0 saturated carbocycles. The number of nitrogens with zero attached hydrogens (tertiary/aromatic N) is 5. The molecule has 4 aromatic rings. The number of aliphatic hydroxyl groups is 1. The number of halogens is 1. The second-order valence-corrected chi connectivity index (χ2v) is 8.54. The minimum atomic E-state index is -0.625. The fraction of sp³-hybridized carbons (Fsp3) is 0.360. The zero-order chi connectivity index (χ0) is 24.7. The average molecular weight is 466 g/mol. The number of pyridine rings is 2. The molecule has 0 spiro atoms. The van der Waals surface area contributed by atoms with Crippen LogP contribution in [0.5, 0.6) is 5.88 Å². The van der Waals surface area contributed by atoms with E-state index in [4.69, 9.17) is 9.72 Å². The molecule has 0 aliphatic carbocycles. The second-order valence-electron chi connectivity index (χ2n) is 8.54. The van der Waals surface area contributed by atoms with Gasteiger partial charge in [0.15, 0.2) is 11.6 Å². The van der Waals surface area contributed by atoms with Gasteiger partial charge in [-0.15, -0.1) is 5.10 Å². The first-order chi connectivity index (χ1) is 16.2. The first kappa shape index (κ1) is 23.6. The van der Waals surface area contributed by atoms with Crippen LogP contribution in [-0.2, 0) is 13.2 Å². The van der Waals surface area contributed by atoms with E-state index in [-0.39, 0.29) is 17.4 Å². The van der Waals surface area contributed by atoms with E-state index in [0.717, 1.165) is 32.3 Å². The molecule has 0 amide bonds. The molecule has 3 heterocycles. The monoisotopic (exact) mass is 465 g/mol. The number of aliphatic hydroxyl groups excluding tert-OH is 1. The summed E-state index contributed by atoms with van der Waals surface area (Å²) in [6, 6.07) is 4.94. The van der Waals surface area contributed by atoms with Crippen molar-refractivity contribution in [2.24, 2.45) is 0 Å². The molecule has 1 N–H and O–H groups in total. The molecule has 8 nitrogen and oxygen atoms in total. The van der Waals surface area contributed by atoms with Gasteiger partial charge < -0.3 is 9.84 Å². The van der Waals surface area contributed by atoms with Crippen molar-refractivity contribution in [2.45, 2.75) is 53.7 Å². The number of hydrogen-bond acceptors (Lipinski definition) is 6. The molecule has 34 heavy (non-hydrogen) atoms. The third-order valence-corrected chi connectivity index (χ3v) is 6.07. The summed E-state index contributed by atoms with van der Waals surface area (Å²) < 4.78 is 23.1. The van der Waals surface area contributed by atoms with Gasteiger partial charge in [0, 0.05) is 35.3 Å². The Morgan fingerprint density at radius 3 is 2.53 bits per heavy atom. The summed E-state index contributed by atoms with van der Waals surface area (Å²) in [4.78, 5) is 21.9. The Morgan fingerprint density at radius 1 is 1.21 bits per heavy atom. The van der Waals surface area contributed by atoms with Crippen molar-refractivity contribution in [3.8, 4) is 22.8 Å². The summed E-state index contributed by atoms with van der Waals surface area (Å²) in [6.45, 7) is 9.65. The Hall–Kier alpha value is -3.59. The third kappa shape index (κ3) is 3.75. The molecule has 9 heteroatoms. The van der Waals surface area contributed by atoms with Gasteiger partial charge in [-0.05, 0) is 49.9 Å². The Balaban J connectivity index is 2.00. The topological polar surface area (TPSA) is 95.1 Å². The predicted octanol–water partition coefficient (Wildman–Crippen LogP) is 4.04. The lowest BCUT2D eigenvalue weighted by Crippen LogP contribution is -2.24. The predicted molar refractivity (Wildman–Crippen MR) is 128 cm³/mol. The van der Waals surface area contributed by atoms with Gasteiger partial charge in [0.05, 0.1) is 18.3 Å². The first-order valence-corrected chi connectivity index (χ1v) is 11.2. The normalized spacial score (nSPS) is 11.6. The molecule has 0 atom stereocenters. The lowest BCUT2D eigenvalue weighted by molar-refractivity contribution is 0.264. The highest BCUT2D eigenvalue weighted by molar-refractivity contribution is 5.88. The Kier molecular flexibility index (Phi) is 6.22. The highest BCUT2D eigenvalue weighted by Crippen LogP contribution is 2.35. The van der Waals surface area contributed by atoms with Crippen LogP contribution in [0.3, 0.4) is 0 Å². The molecule has 3 aromatic heterocycles. The summed E-state index contributed by atoms with van der Waals surface area (Å²) in [5.74, 6) is 0.174. The van der Waals surface area contributed by atoms with Crippen molar-refractivity contribution < 1.29 is 14.2 Å². The fourth-order valence-corrected chi connectivity index (χ4v) is 4.38. The molecule has 0 saturated heterocycles. The molecule has 0 aliphatic heterocycles. The number of aryl methyl sites for hydroxylation is 1. The maximum atomic E-state index is 15.3. The quantitative estimate of drug-likeness (QED) is 0.462. The highest BCUT2D eigenvalue weighted by Gasteiger charge is 2.21. The van der Waals surface area contributed by atoms with Crippen LogP contribution in [0.2, 0.25) is 0 Å². The summed E-state index contributed by atoms with van der Waals surface area (Å²) in [5, 5.41) is 14.4. The highest BCUT2D eigenvalue weighted by atomic mass is 19.1. The van der Waals surface area contributed by atoms with Crippen molar-refractivity contribution in [1.82, 2.24) is 24.3 Å². The van der Waals surface area contributed by atoms with E-state index in [0.29, 0.717) is 23.6 Å². The van der Waals surface area contributed by atoms with E-state index >= 15 is 4.39 Å². The molecule has 1 aromatic carbocycles. The summed E-state index contributed by atoms with van der Waals surface area (Å²) >= 11 is 0. The van der Waals surface area contributed by atoms with Crippen LogP contribution < -0.4 is 10.4 Å². The zero-order valence-electron chi connectivity index (χ0n) is 20.2. The molecular weight excluding hydrogens is 437 g/mol. The molecule has 0 aliphatic rings. The van der Waals surface area contributed by atoms with Crippen molar-refractivity contribution in [3.63, 3.8) is 0 Å². The number of rotatable bonds is 6. The Labute approximate surface area is 196 Å². The summed E-state index contributed by atoms with van der Waals surface area (Å²) in [5.41, 5.74) is 4.34. The first-order valence-electron chi connectivity index (χ1n) is 11.2. The van der Waals surface area contributed by atoms with E-state index in [1.807, 2.05) is 19.9 Å². The molecule has 0 unspecified atom stereocenters. The van der Waals surface area contributed by atoms with E-state index in [9.17, 15) is 9.90 Å². The SMILES string of the molecule is CCn1c(CO)nn(-c2cc3c(C(C)C)cc(-c4c(C)cnc(OC)c4C)nc3cc2F)c1=O. The number of hydrogen-bond donors (Lipinski definition) is 1. The van der Waals surface area contributed by atoms with E-state index < -0.39 is 18.1 Å². The van der Waals surface area contributed by atoms with Gasteiger partial charge in [-0.3, -0.25) is 4.57 Å². The number of fused-ring (bicyclic) bond motifs is 1. The number of methoxy groups -OCH3 is 1. The minimum Gasteiger partial charge on any atom is -0.481 e. The van der Waals surface area contributed by atoms with E-state index in [2.05, 4.69) is 23.9 Å². The Bertz CT molecular complexity index is 1460. The van der Waals surface area contributed by atoms with Gasteiger partial charge in [-0.2, -0.15) is 4.68 Å². The van der Waals surface area contributed by atoms with Crippen LogP contribution in [-0.4, -0.2) is 36.5 Å². The molecule has 0 bridgehead atoms. The van der Waals surface area contributed by atoms with Gasteiger partial charge >= 0.3 is 5.69 Å². The van der Waals surface area contributed by atoms with Crippen LogP contribution in [0.15, 0.2) is 29.2 Å². The molecule has 0 fully saturated rings. The molecular formula is C25H28FN5O3. The lowest BCUT2D eigenvalue weighted by atomic mass is 9.94. The van der Waals surface area contributed by atoms with E-state index in [1.54, 1.807) is 26.3 Å². The molecule has 4 rings (SSSR count). The van der Waals surface area contributed by atoms with Gasteiger partial charge in [-0.25, -0.2) is 19.2 Å². The van der Waals surface area contributed by atoms with Crippen LogP contribution in [0.25, 0.3) is 27.8 Å². The van der Waals surface area contributed by atoms with Crippen molar-refractivity contribution in [1.29, 1.82) is 0 Å². The van der Waals surface area contributed by atoms with Gasteiger partial charge in [0.2, 0.25) is 5.88 Å². The number of ether oxygens (including phenoxy) is 1. The van der Waals surface area contributed by atoms with Crippen LogP contribution in [0.1, 0.15) is 49.2 Å². The van der Waals surface area contributed by atoms with Gasteiger partial charge in [0.25, 0.3) is 0 Å². The van der Waals surface area contributed by atoms with Crippen LogP contribution in [0, 0.1) is 19.7 Å². The number of benzene rings is 1. The van der Waals surface area contributed by atoms with Crippen molar-refractivity contribution in [2.75, 3.05) is 7.11 Å². The average Bonchev–Trinajstić information content (AvgIpc) is 3.13. The van der Waals surface area contributed by atoms with Crippen LogP contribution in [0.4, 0.5) is 4.39 Å². The maximum absolute atomic E-state index is 15.3. The van der Waals surface area contributed by atoms with Gasteiger partial charge in [0.1, 0.15) is 12.3 Å². The summed E-state index contributed by atoms with van der Waals surface area (Å²) in [6.07, 6.45) is 1.74. The van der Waals surface area contributed by atoms with Crippen molar-refractivity contribution >= 4 is 10.9 Å². The zero-order valence-corrected chi connectivity index (χ0v) is 20.2. The minimum absolute atomic E-state index is 0.0220. The van der Waals surface area contributed by atoms with E-state index in [1.165, 1.54) is 10.6 Å². The smallest absolute Gasteiger partial charge is 0.350 e. The molecule has 178 valence electrons. The number of aromatic nitrogens is 5. The maximum Gasteiger partial charge on any atom is 0.350 e. The largest absolute Gasteiger partial charge is 0.481 e. The molecule has 0 radical (unpaired) electrons. The standard InChI is InChI=1S/C25H28FN5O3/c1-7-30-22(12-32)29-31(25(30)33)21-9-17-16(13(2)3)8-20(28-19(17)10-18(21)26)23-14(4)11-27-24(34-6)15(23)5/h8-11,13,32H,7,12H2,1-6H3. The van der Waals surface area contributed by atoms with Crippen molar-refractivity contribution in [3.05, 3.63) is 63.2 Å². The summed E-state index contributed by atoms with van der Waals surface area (Å²) in [7, 11) is 1.57. The Morgan fingerprint density at radius 2 is 1.94 bits per heavy atom.